The van der Waals surface area contributed by atoms with E-state index >= 15 is 0 Å². The van der Waals surface area contributed by atoms with Crippen LogP contribution >= 0.6 is 23.4 Å². The number of aromatic hydroxyl groups is 1. The number of ether oxygens (including phenoxy) is 1. The molecule has 0 saturated carbocycles. The van der Waals surface area contributed by atoms with Crippen molar-refractivity contribution in [3.05, 3.63) is 53.1 Å². The van der Waals surface area contributed by atoms with E-state index in [1.54, 1.807) is 42.5 Å². The summed E-state index contributed by atoms with van der Waals surface area (Å²) in [5.41, 5.74) is 0.419. The van der Waals surface area contributed by atoms with Gasteiger partial charge >= 0.3 is 5.97 Å². The van der Waals surface area contributed by atoms with Crippen LogP contribution in [0.4, 0.5) is 0 Å². The molecule has 0 spiro atoms. The highest BCUT2D eigenvalue weighted by Gasteiger charge is 2.09. The van der Waals surface area contributed by atoms with Crippen molar-refractivity contribution in [1.29, 1.82) is 0 Å². The van der Waals surface area contributed by atoms with E-state index in [9.17, 15) is 9.90 Å². The highest BCUT2D eigenvalue weighted by Crippen LogP contribution is 2.34. The van der Waals surface area contributed by atoms with Crippen molar-refractivity contribution in [1.82, 2.24) is 0 Å². The maximum atomic E-state index is 11.4. The molecule has 1 N–H and O–H groups in total. The van der Waals surface area contributed by atoms with Crippen LogP contribution in [0.25, 0.3) is 0 Å². The first-order chi connectivity index (χ1) is 9.10. The molecule has 0 atom stereocenters. The van der Waals surface area contributed by atoms with Crippen molar-refractivity contribution < 1.29 is 14.6 Å². The SMILES string of the molecule is COC(=O)c1ccc(Sc2ccc(O)cc2)c(Cl)c1. The summed E-state index contributed by atoms with van der Waals surface area (Å²) in [7, 11) is 1.33. The molecule has 3 nitrogen and oxygen atoms in total. The predicted octanol–water partition coefficient (Wildman–Crippen LogP) is 3.98. The molecule has 5 heteroatoms. The topological polar surface area (TPSA) is 46.5 Å². The van der Waals surface area contributed by atoms with E-state index in [0.717, 1.165) is 9.79 Å². The number of methoxy groups -OCH3 is 1. The Hall–Kier alpha value is -1.65. The summed E-state index contributed by atoms with van der Waals surface area (Å²) in [6.07, 6.45) is 0. The molecule has 0 aliphatic carbocycles. The van der Waals surface area contributed by atoms with E-state index in [4.69, 9.17) is 11.6 Å². The lowest BCUT2D eigenvalue weighted by atomic mass is 10.2. The Labute approximate surface area is 120 Å². The smallest absolute Gasteiger partial charge is 0.337 e. The number of benzene rings is 2. The molecule has 0 bridgehead atoms. The van der Waals surface area contributed by atoms with Gasteiger partial charge in [-0.2, -0.15) is 0 Å². The molecule has 2 rings (SSSR count). The standard InChI is InChI=1S/C14H11ClO3S/c1-18-14(17)9-2-7-13(12(15)8-9)19-11-5-3-10(16)4-6-11/h2-8,16H,1H3. The summed E-state index contributed by atoms with van der Waals surface area (Å²) in [6, 6.07) is 11.8. The van der Waals surface area contributed by atoms with Crippen LogP contribution in [0.3, 0.4) is 0 Å². The van der Waals surface area contributed by atoms with Gasteiger partial charge in [-0.05, 0) is 42.5 Å². The normalized spacial score (nSPS) is 10.2. The molecule has 0 aliphatic rings. The molecule has 0 unspecified atom stereocenters. The lowest BCUT2D eigenvalue weighted by molar-refractivity contribution is 0.0600. The number of esters is 1. The van der Waals surface area contributed by atoms with Gasteiger partial charge in [0.15, 0.2) is 0 Å². The van der Waals surface area contributed by atoms with Crippen LogP contribution in [0, 0.1) is 0 Å². The molecule has 2 aromatic carbocycles. The summed E-state index contributed by atoms with van der Waals surface area (Å²) in [5.74, 6) is -0.195. The Morgan fingerprint density at radius 1 is 1.21 bits per heavy atom. The van der Waals surface area contributed by atoms with Crippen LogP contribution in [0.1, 0.15) is 10.4 Å². The molecule has 0 amide bonds. The highest BCUT2D eigenvalue weighted by molar-refractivity contribution is 7.99. The molecule has 19 heavy (non-hydrogen) atoms. The van der Waals surface area contributed by atoms with Crippen LogP contribution in [-0.2, 0) is 4.74 Å². The number of carbonyl (C=O) groups is 1. The van der Waals surface area contributed by atoms with Gasteiger partial charge in [-0.25, -0.2) is 4.79 Å². The Bertz CT molecular complexity index is 596. The molecule has 98 valence electrons. The number of phenols is 1. The van der Waals surface area contributed by atoms with E-state index < -0.39 is 5.97 Å². The second-order valence-corrected chi connectivity index (χ2v) is 5.26. The largest absolute Gasteiger partial charge is 0.508 e. The second-order valence-electron chi connectivity index (χ2n) is 3.73. The second kappa shape index (κ2) is 5.99. The molecule has 0 aromatic heterocycles. The maximum Gasteiger partial charge on any atom is 0.337 e. The summed E-state index contributed by atoms with van der Waals surface area (Å²) < 4.78 is 4.63. The van der Waals surface area contributed by atoms with Crippen LogP contribution in [0.5, 0.6) is 5.75 Å². The van der Waals surface area contributed by atoms with Crippen molar-refractivity contribution in [3.63, 3.8) is 0 Å². The number of phenolic OH excluding ortho intramolecular Hbond substituents is 1. The lowest BCUT2D eigenvalue weighted by Crippen LogP contribution is -2.00. The minimum atomic E-state index is -0.414. The van der Waals surface area contributed by atoms with E-state index in [1.807, 2.05) is 0 Å². The molecule has 0 saturated heterocycles. The molecule has 0 heterocycles. The van der Waals surface area contributed by atoms with Gasteiger partial charge < -0.3 is 9.84 Å². The quantitative estimate of drug-likeness (QED) is 0.870. The summed E-state index contributed by atoms with van der Waals surface area (Å²) in [6.45, 7) is 0. The van der Waals surface area contributed by atoms with Crippen LogP contribution in [0.15, 0.2) is 52.3 Å². The number of hydrogen-bond acceptors (Lipinski definition) is 4. The Balaban J connectivity index is 2.22. The zero-order valence-electron chi connectivity index (χ0n) is 10.1. The molecule has 0 fully saturated rings. The van der Waals surface area contributed by atoms with Gasteiger partial charge in [0, 0.05) is 9.79 Å². The van der Waals surface area contributed by atoms with Crippen LogP contribution in [0.2, 0.25) is 5.02 Å². The average Bonchev–Trinajstić information content (AvgIpc) is 2.42. The van der Waals surface area contributed by atoms with Gasteiger partial charge in [-0.3, -0.25) is 0 Å². The predicted molar refractivity (Wildman–Crippen MR) is 75.0 cm³/mol. The molecule has 0 radical (unpaired) electrons. The van der Waals surface area contributed by atoms with Crippen molar-refractivity contribution in [3.8, 4) is 5.75 Å². The van der Waals surface area contributed by atoms with Crippen molar-refractivity contribution in [2.75, 3.05) is 7.11 Å². The minimum absolute atomic E-state index is 0.219. The lowest BCUT2D eigenvalue weighted by Gasteiger charge is -2.06. The third-order valence-corrected chi connectivity index (χ3v) is 3.93. The van der Waals surface area contributed by atoms with E-state index in [-0.39, 0.29) is 5.75 Å². The van der Waals surface area contributed by atoms with Crippen molar-refractivity contribution >= 4 is 29.3 Å². The molecule has 2 aromatic rings. The zero-order valence-corrected chi connectivity index (χ0v) is 11.7. The fraction of sp³-hybridized carbons (Fsp3) is 0.0714. The first-order valence-corrected chi connectivity index (χ1v) is 6.64. The van der Waals surface area contributed by atoms with Crippen LogP contribution < -0.4 is 0 Å². The minimum Gasteiger partial charge on any atom is -0.508 e. The van der Waals surface area contributed by atoms with Crippen LogP contribution in [-0.4, -0.2) is 18.2 Å². The average molecular weight is 295 g/mol. The van der Waals surface area contributed by atoms with E-state index in [1.165, 1.54) is 18.9 Å². The van der Waals surface area contributed by atoms with Crippen molar-refractivity contribution in [2.24, 2.45) is 0 Å². The monoisotopic (exact) mass is 294 g/mol. The third-order valence-electron chi connectivity index (χ3n) is 2.42. The Morgan fingerprint density at radius 2 is 1.89 bits per heavy atom. The van der Waals surface area contributed by atoms with E-state index in [0.29, 0.717) is 10.6 Å². The number of halogens is 1. The van der Waals surface area contributed by atoms with Gasteiger partial charge in [0.25, 0.3) is 0 Å². The van der Waals surface area contributed by atoms with E-state index in [2.05, 4.69) is 4.74 Å². The molecule has 0 aliphatic heterocycles. The first kappa shape index (κ1) is 13.8. The summed E-state index contributed by atoms with van der Waals surface area (Å²) >= 11 is 7.59. The molecular weight excluding hydrogens is 284 g/mol. The summed E-state index contributed by atoms with van der Waals surface area (Å²) in [4.78, 5) is 13.1. The fourth-order valence-electron chi connectivity index (χ4n) is 1.47. The van der Waals surface area contributed by atoms with Gasteiger partial charge in [0.1, 0.15) is 5.75 Å². The highest BCUT2D eigenvalue weighted by atomic mass is 35.5. The zero-order chi connectivity index (χ0) is 13.8. The Morgan fingerprint density at radius 3 is 2.47 bits per heavy atom. The van der Waals surface area contributed by atoms with Crippen molar-refractivity contribution in [2.45, 2.75) is 9.79 Å². The van der Waals surface area contributed by atoms with Gasteiger partial charge in [-0.1, -0.05) is 23.4 Å². The maximum absolute atomic E-state index is 11.4. The summed E-state index contributed by atoms with van der Waals surface area (Å²) in [5, 5.41) is 9.70. The number of hydrogen-bond donors (Lipinski definition) is 1. The van der Waals surface area contributed by atoms with Gasteiger partial charge in [0.2, 0.25) is 0 Å². The Kier molecular flexibility index (Phi) is 4.35. The van der Waals surface area contributed by atoms with Gasteiger partial charge in [0.05, 0.1) is 17.7 Å². The third kappa shape index (κ3) is 3.43. The first-order valence-electron chi connectivity index (χ1n) is 5.45. The van der Waals surface area contributed by atoms with Gasteiger partial charge in [-0.15, -0.1) is 0 Å². The number of rotatable bonds is 3. The fourth-order valence-corrected chi connectivity index (χ4v) is 2.58. The molecular formula is C14H11ClO3S. The number of carbonyl (C=O) groups excluding carboxylic acids is 1.